The summed E-state index contributed by atoms with van der Waals surface area (Å²) in [5, 5.41) is 20.5. The van der Waals surface area contributed by atoms with Crippen LogP contribution in [0.5, 0.6) is 0 Å². The first-order valence-electron chi connectivity index (χ1n) is 11.5. The highest BCUT2D eigenvalue weighted by Crippen LogP contribution is 2.67. The lowest BCUT2D eigenvalue weighted by molar-refractivity contribution is -0.159. The van der Waals surface area contributed by atoms with Gasteiger partial charge in [-0.25, -0.2) is 0 Å². The van der Waals surface area contributed by atoms with Crippen molar-refractivity contribution in [1.82, 2.24) is 0 Å². The lowest BCUT2D eigenvalue weighted by Gasteiger charge is -2.58. The van der Waals surface area contributed by atoms with Crippen molar-refractivity contribution in [2.75, 3.05) is 11.5 Å². The fraction of sp³-hybridized carbons (Fsp3) is 0.750. The number of rotatable bonds is 5. The molecular weight excluding hydrogens is 464 g/mol. The lowest BCUT2D eigenvalue weighted by atomic mass is 9.46. The molecule has 8 heteroatoms. The van der Waals surface area contributed by atoms with Crippen molar-refractivity contribution in [3.63, 3.8) is 0 Å². The number of aliphatic carboxylic acids is 1. The van der Waals surface area contributed by atoms with E-state index in [1.807, 2.05) is 6.08 Å². The van der Waals surface area contributed by atoms with Crippen LogP contribution in [0.15, 0.2) is 11.6 Å². The van der Waals surface area contributed by atoms with Gasteiger partial charge in [-0.1, -0.05) is 55.2 Å². The molecule has 0 aromatic carbocycles. The minimum absolute atomic E-state index is 0.0757. The second kappa shape index (κ2) is 8.82. The Bertz CT molecular complexity index is 885. The van der Waals surface area contributed by atoms with Crippen molar-refractivity contribution in [2.24, 2.45) is 28.6 Å². The molecule has 0 aromatic rings. The van der Waals surface area contributed by atoms with Gasteiger partial charge < -0.3 is 10.2 Å². The van der Waals surface area contributed by atoms with E-state index in [-0.39, 0.29) is 28.5 Å². The molecule has 6 atom stereocenters. The summed E-state index contributed by atoms with van der Waals surface area (Å²) in [5.74, 6) is 0.423. The number of ketones is 2. The summed E-state index contributed by atoms with van der Waals surface area (Å²) in [7, 11) is 0. The molecule has 0 saturated heterocycles. The quantitative estimate of drug-likeness (QED) is 0.531. The molecule has 176 valence electrons. The minimum Gasteiger partial charge on any atom is -0.481 e. The maximum Gasteiger partial charge on any atom is 0.313 e. The van der Waals surface area contributed by atoms with Gasteiger partial charge in [0.15, 0.2) is 11.6 Å². The third kappa shape index (κ3) is 3.93. The number of hydrogen-bond donors (Lipinski definition) is 2. The summed E-state index contributed by atoms with van der Waals surface area (Å²) in [6.07, 6.45) is 8.60. The SMILES string of the molecule is C[C@]12CCC(=O)C=C1CC[C@H]1[C@H]2CC[C@@]2(C)[C@@H]1CC[C@]2(O)C(=O)CSC(=S)SCC(=O)O. The van der Waals surface area contributed by atoms with E-state index in [0.717, 1.165) is 50.3 Å². The largest absolute Gasteiger partial charge is 0.481 e. The molecule has 2 N–H and O–H groups in total. The van der Waals surface area contributed by atoms with Crippen molar-refractivity contribution in [1.29, 1.82) is 0 Å². The van der Waals surface area contributed by atoms with Gasteiger partial charge in [0.05, 0.1) is 11.5 Å². The average molecular weight is 497 g/mol. The third-order valence-corrected chi connectivity index (χ3v) is 11.9. The zero-order valence-corrected chi connectivity index (χ0v) is 21.2. The third-order valence-electron chi connectivity index (χ3n) is 9.21. The van der Waals surface area contributed by atoms with Gasteiger partial charge in [-0.3, -0.25) is 14.4 Å². The minimum atomic E-state index is -1.34. The van der Waals surface area contributed by atoms with Gasteiger partial charge in [0.25, 0.3) is 0 Å². The number of hydrogen-bond acceptors (Lipinski definition) is 7. The van der Waals surface area contributed by atoms with Crippen LogP contribution in [-0.2, 0) is 14.4 Å². The van der Waals surface area contributed by atoms with Crippen LogP contribution >= 0.6 is 35.7 Å². The lowest BCUT2D eigenvalue weighted by Crippen LogP contribution is -2.58. The Labute approximate surface area is 203 Å². The number of Topliss-reactive ketones (excluding diaryl/α,β-unsaturated/α-hetero) is 1. The predicted molar refractivity (Wildman–Crippen MR) is 132 cm³/mol. The fourth-order valence-electron chi connectivity index (χ4n) is 7.44. The molecule has 5 nitrogen and oxygen atoms in total. The number of allylic oxidation sites excluding steroid dienone is 1. The van der Waals surface area contributed by atoms with Gasteiger partial charge in [0.1, 0.15) is 9.13 Å². The normalized spacial score (nSPS) is 40.7. The van der Waals surface area contributed by atoms with Crippen LogP contribution in [0.1, 0.15) is 65.2 Å². The zero-order valence-electron chi connectivity index (χ0n) is 18.7. The van der Waals surface area contributed by atoms with E-state index in [2.05, 4.69) is 13.8 Å². The maximum atomic E-state index is 13.3. The van der Waals surface area contributed by atoms with Crippen LogP contribution in [0.3, 0.4) is 0 Å². The van der Waals surface area contributed by atoms with E-state index < -0.39 is 17.0 Å². The molecule has 4 aliphatic carbocycles. The number of fused-ring (bicyclic) bond motifs is 5. The number of thioether (sulfide) groups is 2. The van der Waals surface area contributed by atoms with Gasteiger partial charge in [0, 0.05) is 11.8 Å². The summed E-state index contributed by atoms with van der Waals surface area (Å²) in [6, 6.07) is 0. The average Bonchev–Trinajstić information content (AvgIpc) is 3.03. The summed E-state index contributed by atoms with van der Waals surface area (Å²) in [5.41, 5.74) is -0.384. The van der Waals surface area contributed by atoms with Crippen molar-refractivity contribution in [3.8, 4) is 0 Å². The predicted octanol–water partition coefficient (Wildman–Crippen LogP) is 4.65. The summed E-state index contributed by atoms with van der Waals surface area (Å²) >= 11 is 7.41. The molecule has 3 saturated carbocycles. The first-order chi connectivity index (χ1) is 15.0. The molecular formula is C24H32O5S3. The Kier molecular flexibility index (Phi) is 6.73. The van der Waals surface area contributed by atoms with Crippen molar-refractivity contribution in [3.05, 3.63) is 11.6 Å². The van der Waals surface area contributed by atoms with Crippen molar-refractivity contribution in [2.45, 2.75) is 70.8 Å². The molecule has 4 rings (SSSR count). The molecule has 0 aromatic heterocycles. The van der Waals surface area contributed by atoms with E-state index >= 15 is 0 Å². The van der Waals surface area contributed by atoms with Gasteiger partial charge in [-0.15, -0.1) is 0 Å². The second-order valence-corrected chi connectivity index (χ2v) is 13.6. The van der Waals surface area contributed by atoms with Gasteiger partial charge in [-0.05, 0) is 74.2 Å². The number of carboxylic acid groups (broad SMARTS) is 1. The van der Waals surface area contributed by atoms with Crippen LogP contribution in [0.25, 0.3) is 0 Å². The first kappa shape index (κ1) is 24.4. The Hall–Kier alpha value is -0.700. The monoisotopic (exact) mass is 496 g/mol. The Morgan fingerprint density at radius 3 is 2.47 bits per heavy atom. The maximum absolute atomic E-state index is 13.3. The fourth-order valence-corrected chi connectivity index (χ4v) is 9.21. The van der Waals surface area contributed by atoms with Gasteiger partial charge in [0.2, 0.25) is 0 Å². The Morgan fingerprint density at radius 1 is 1.06 bits per heavy atom. The summed E-state index contributed by atoms with van der Waals surface area (Å²) < 4.78 is 0.430. The van der Waals surface area contributed by atoms with Crippen molar-refractivity contribution >= 4 is 56.8 Å². The van der Waals surface area contributed by atoms with Crippen LogP contribution < -0.4 is 0 Å². The molecule has 0 radical (unpaired) electrons. The highest BCUT2D eigenvalue weighted by atomic mass is 32.2. The van der Waals surface area contributed by atoms with E-state index in [9.17, 15) is 19.5 Å². The van der Waals surface area contributed by atoms with Crippen LogP contribution in [0, 0.1) is 28.6 Å². The molecule has 0 unspecified atom stereocenters. The molecule has 4 aliphatic rings. The van der Waals surface area contributed by atoms with E-state index in [4.69, 9.17) is 17.3 Å². The number of carbonyl (C=O) groups excluding carboxylic acids is 2. The first-order valence-corrected chi connectivity index (χ1v) is 13.9. The zero-order chi connectivity index (χ0) is 23.3. The van der Waals surface area contributed by atoms with Gasteiger partial charge >= 0.3 is 5.97 Å². The molecule has 32 heavy (non-hydrogen) atoms. The van der Waals surface area contributed by atoms with Crippen molar-refractivity contribution < 1.29 is 24.6 Å². The highest BCUT2D eigenvalue weighted by Gasteiger charge is 2.66. The van der Waals surface area contributed by atoms with Crippen LogP contribution in [0.4, 0.5) is 0 Å². The highest BCUT2D eigenvalue weighted by molar-refractivity contribution is 8.47. The Morgan fingerprint density at radius 2 is 1.75 bits per heavy atom. The second-order valence-electron chi connectivity index (χ2n) is 10.5. The number of carboxylic acids is 1. The smallest absolute Gasteiger partial charge is 0.313 e. The molecule has 0 bridgehead atoms. The van der Waals surface area contributed by atoms with E-state index in [0.29, 0.717) is 34.1 Å². The molecule has 0 aliphatic heterocycles. The summed E-state index contributed by atoms with van der Waals surface area (Å²) in [6.45, 7) is 4.45. The molecule has 0 spiro atoms. The van der Waals surface area contributed by atoms with Crippen LogP contribution in [-0.4, -0.2) is 48.4 Å². The topological polar surface area (TPSA) is 91.7 Å². The van der Waals surface area contributed by atoms with E-state index in [1.165, 1.54) is 17.3 Å². The molecule has 0 heterocycles. The number of aliphatic hydroxyl groups is 1. The van der Waals surface area contributed by atoms with Crippen LogP contribution in [0.2, 0.25) is 0 Å². The summed E-state index contributed by atoms with van der Waals surface area (Å²) in [4.78, 5) is 36.0. The standard InChI is InChI=1S/C24H32O5S3/c1-22-8-5-15(25)11-14(22)3-4-16-17(22)6-9-23(2)18(16)7-10-24(23,29)19(26)12-31-21(30)32-13-20(27)28/h11,16-18,29H,3-10,12-13H2,1-2H3,(H,27,28)/t16-,17+,18+,22-,23-,24-/m0/s1. The van der Waals surface area contributed by atoms with Gasteiger partial charge in [-0.2, -0.15) is 0 Å². The number of thiocarbonyl (C=S) groups is 1. The van der Waals surface area contributed by atoms with E-state index in [1.54, 1.807) is 0 Å². The molecule has 0 amide bonds. The molecule has 3 fully saturated rings. The Balaban J connectivity index is 1.48. The number of carbonyl (C=O) groups is 3.